The van der Waals surface area contributed by atoms with Crippen LogP contribution in [0.25, 0.3) is 11.1 Å². The van der Waals surface area contributed by atoms with Crippen molar-refractivity contribution in [3.63, 3.8) is 0 Å². The molecule has 0 saturated heterocycles. The molecule has 0 radical (unpaired) electrons. The van der Waals surface area contributed by atoms with Crippen LogP contribution in [-0.4, -0.2) is 41.8 Å². The van der Waals surface area contributed by atoms with E-state index in [-0.39, 0.29) is 43.2 Å². The van der Waals surface area contributed by atoms with Gasteiger partial charge in [0.15, 0.2) is 0 Å². The van der Waals surface area contributed by atoms with Crippen molar-refractivity contribution >= 4 is 18.0 Å². The summed E-state index contributed by atoms with van der Waals surface area (Å²) in [5.41, 5.74) is 4.63. The largest absolute Gasteiger partial charge is 0.481 e. The first-order valence-corrected chi connectivity index (χ1v) is 11.5. The second-order valence-electron chi connectivity index (χ2n) is 9.04. The molecule has 3 N–H and O–H groups in total. The number of carboxylic acids is 1. The number of carboxylic acid groups (broad SMARTS) is 1. The highest BCUT2D eigenvalue weighted by Gasteiger charge is 2.32. The van der Waals surface area contributed by atoms with E-state index in [4.69, 9.17) is 9.84 Å². The van der Waals surface area contributed by atoms with Gasteiger partial charge < -0.3 is 20.5 Å². The summed E-state index contributed by atoms with van der Waals surface area (Å²) in [6.45, 7) is 1.88. The van der Waals surface area contributed by atoms with Crippen molar-refractivity contribution in [2.24, 2.45) is 5.92 Å². The van der Waals surface area contributed by atoms with Crippen LogP contribution in [0, 0.1) is 5.92 Å². The molecule has 2 aliphatic rings. The van der Waals surface area contributed by atoms with Crippen LogP contribution in [0.2, 0.25) is 0 Å². The fourth-order valence-corrected chi connectivity index (χ4v) is 4.82. The maximum atomic E-state index is 12.7. The number of carbonyl (C=O) groups is 3. The molecule has 33 heavy (non-hydrogen) atoms. The first-order chi connectivity index (χ1) is 15.9. The third-order valence-electron chi connectivity index (χ3n) is 6.66. The molecule has 2 unspecified atom stereocenters. The summed E-state index contributed by atoms with van der Waals surface area (Å²) in [5, 5.41) is 14.5. The zero-order valence-electron chi connectivity index (χ0n) is 18.8. The van der Waals surface area contributed by atoms with Crippen LogP contribution in [0.15, 0.2) is 48.5 Å². The molecule has 2 atom stereocenters. The van der Waals surface area contributed by atoms with Gasteiger partial charge in [-0.3, -0.25) is 9.59 Å². The Morgan fingerprint density at radius 3 is 2.12 bits per heavy atom. The van der Waals surface area contributed by atoms with E-state index in [1.54, 1.807) is 6.92 Å². The second kappa shape index (κ2) is 10.1. The molecule has 0 spiro atoms. The normalized spacial score (nSPS) is 16.6. The van der Waals surface area contributed by atoms with Crippen molar-refractivity contribution in [1.82, 2.24) is 10.6 Å². The smallest absolute Gasteiger partial charge is 0.407 e. The fourth-order valence-electron chi connectivity index (χ4n) is 4.82. The van der Waals surface area contributed by atoms with E-state index in [1.807, 2.05) is 24.3 Å². The van der Waals surface area contributed by atoms with Gasteiger partial charge in [0.1, 0.15) is 6.61 Å². The van der Waals surface area contributed by atoms with E-state index in [2.05, 4.69) is 34.9 Å². The van der Waals surface area contributed by atoms with Crippen LogP contribution in [0.4, 0.5) is 4.79 Å². The number of alkyl carbamates (subject to hydrolysis) is 1. The predicted molar refractivity (Wildman–Crippen MR) is 124 cm³/mol. The summed E-state index contributed by atoms with van der Waals surface area (Å²) in [6, 6.07) is 15.5. The Bertz CT molecular complexity index is 987. The van der Waals surface area contributed by atoms with Gasteiger partial charge in [-0.05, 0) is 47.9 Å². The van der Waals surface area contributed by atoms with E-state index >= 15 is 0 Å². The molecule has 2 aromatic carbocycles. The summed E-state index contributed by atoms with van der Waals surface area (Å²) in [5.74, 6) is -1.02. The van der Waals surface area contributed by atoms with Crippen LogP contribution in [-0.2, 0) is 14.3 Å². The number of benzene rings is 2. The van der Waals surface area contributed by atoms with Crippen LogP contribution < -0.4 is 10.6 Å². The SMILES string of the molecule is CC(CC(=O)O)NC(=O)CC(NC(=O)OCC1c2ccccc2-c2ccccc21)C1CCC1. The van der Waals surface area contributed by atoms with Crippen molar-refractivity contribution in [2.75, 3.05) is 6.61 Å². The fraction of sp³-hybridized carbons (Fsp3) is 0.423. The highest BCUT2D eigenvalue weighted by molar-refractivity contribution is 5.80. The predicted octanol–water partition coefficient (Wildman–Crippen LogP) is 4.06. The van der Waals surface area contributed by atoms with E-state index in [0.29, 0.717) is 0 Å². The Kier molecular flexibility index (Phi) is 6.96. The van der Waals surface area contributed by atoms with Crippen molar-refractivity contribution in [2.45, 2.75) is 57.0 Å². The van der Waals surface area contributed by atoms with Gasteiger partial charge in [0.05, 0.1) is 6.42 Å². The number of nitrogens with one attached hydrogen (secondary N) is 2. The van der Waals surface area contributed by atoms with Gasteiger partial charge >= 0.3 is 12.1 Å². The van der Waals surface area contributed by atoms with Crippen LogP contribution >= 0.6 is 0 Å². The maximum absolute atomic E-state index is 12.7. The minimum Gasteiger partial charge on any atom is -0.481 e. The molecule has 2 amide bonds. The standard InChI is InChI=1S/C26H30N2O5/c1-16(13-25(30)31)27-24(29)14-23(17-7-6-8-17)28-26(32)33-15-22-20-11-4-2-9-18(20)19-10-3-5-12-21(19)22/h2-5,9-12,16-17,22-23H,6-8,13-15H2,1H3,(H,27,29)(H,28,32)(H,30,31). The molecule has 0 aliphatic heterocycles. The van der Waals surface area contributed by atoms with Crippen molar-refractivity contribution in [1.29, 1.82) is 0 Å². The van der Waals surface area contributed by atoms with Crippen LogP contribution in [0.5, 0.6) is 0 Å². The molecule has 1 fully saturated rings. The minimum atomic E-state index is -0.963. The molecule has 2 aromatic rings. The lowest BCUT2D eigenvalue weighted by Gasteiger charge is -2.34. The van der Waals surface area contributed by atoms with Gasteiger partial charge in [-0.15, -0.1) is 0 Å². The van der Waals surface area contributed by atoms with Gasteiger partial charge in [0.2, 0.25) is 5.91 Å². The van der Waals surface area contributed by atoms with Gasteiger partial charge in [0, 0.05) is 24.4 Å². The minimum absolute atomic E-state index is 0.0227. The molecule has 2 aliphatic carbocycles. The Morgan fingerprint density at radius 1 is 0.970 bits per heavy atom. The maximum Gasteiger partial charge on any atom is 0.407 e. The molecule has 7 heteroatoms. The first kappa shape index (κ1) is 22.8. The summed E-state index contributed by atoms with van der Waals surface area (Å²) >= 11 is 0. The van der Waals surface area contributed by atoms with E-state index < -0.39 is 18.1 Å². The zero-order valence-corrected chi connectivity index (χ0v) is 18.8. The summed E-state index contributed by atoms with van der Waals surface area (Å²) in [6.07, 6.45) is 2.42. The van der Waals surface area contributed by atoms with Crippen LogP contribution in [0.3, 0.4) is 0 Å². The molecular weight excluding hydrogens is 420 g/mol. The van der Waals surface area contributed by atoms with Gasteiger partial charge in [-0.2, -0.15) is 0 Å². The monoisotopic (exact) mass is 450 g/mol. The lowest BCUT2D eigenvalue weighted by molar-refractivity contribution is -0.137. The second-order valence-corrected chi connectivity index (χ2v) is 9.04. The van der Waals surface area contributed by atoms with Gasteiger partial charge in [-0.1, -0.05) is 55.0 Å². The molecule has 174 valence electrons. The Labute approximate surface area is 193 Å². The molecule has 1 saturated carbocycles. The molecule has 7 nitrogen and oxygen atoms in total. The molecule has 0 aromatic heterocycles. The van der Waals surface area contributed by atoms with E-state index in [0.717, 1.165) is 30.4 Å². The molecule has 4 rings (SSSR count). The zero-order chi connectivity index (χ0) is 23.4. The molecule has 0 heterocycles. The topological polar surface area (TPSA) is 105 Å². The Morgan fingerprint density at radius 2 is 1.58 bits per heavy atom. The Balaban J connectivity index is 1.36. The van der Waals surface area contributed by atoms with Gasteiger partial charge in [-0.25, -0.2) is 4.79 Å². The summed E-state index contributed by atoms with van der Waals surface area (Å²) < 4.78 is 5.64. The van der Waals surface area contributed by atoms with Crippen LogP contribution in [0.1, 0.15) is 56.1 Å². The lowest BCUT2D eigenvalue weighted by Crippen LogP contribution is -2.47. The van der Waals surface area contributed by atoms with E-state index in [9.17, 15) is 14.4 Å². The number of carbonyl (C=O) groups excluding carboxylic acids is 2. The number of amides is 2. The number of fused-ring (bicyclic) bond motifs is 3. The van der Waals surface area contributed by atoms with Crippen molar-refractivity contribution < 1.29 is 24.2 Å². The third kappa shape index (κ3) is 5.35. The number of hydrogen-bond donors (Lipinski definition) is 3. The first-order valence-electron chi connectivity index (χ1n) is 11.5. The average Bonchev–Trinajstić information content (AvgIpc) is 3.04. The average molecular weight is 451 g/mol. The van der Waals surface area contributed by atoms with Crippen molar-refractivity contribution in [3.8, 4) is 11.1 Å². The van der Waals surface area contributed by atoms with Gasteiger partial charge in [0.25, 0.3) is 0 Å². The number of ether oxygens (including phenoxy) is 1. The molecule has 0 bridgehead atoms. The highest BCUT2D eigenvalue weighted by Crippen LogP contribution is 2.44. The summed E-state index contributed by atoms with van der Waals surface area (Å²) in [7, 11) is 0. The summed E-state index contributed by atoms with van der Waals surface area (Å²) in [4.78, 5) is 35.9. The van der Waals surface area contributed by atoms with E-state index in [1.165, 1.54) is 11.1 Å². The Hall–Kier alpha value is -3.35. The van der Waals surface area contributed by atoms with Crippen molar-refractivity contribution in [3.05, 3.63) is 59.7 Å². The number of rotatable bonds is 9. The molecular formula is C26H30N2O5. The number of hydrogen-bond acceptors (Lipinski definition) is 4. The highest BCUT2D eigenvalue weighted by atomic mass is 16.5. The quantitative estimate of drug-likeness (QED) is 0.534. The lowest BCUT2D eigenvalue weighted by atomic mass is 9.78. The third-order valence-corrected chi connectivity index (χ3v) is 6.66. The number of aliphatic carboxylic acids is 1.